The molecule has 0 N–H and O–H groups in total. The second-order valence-corrected chi connectivity index (χ2v) is 4.26. The van der Waals surface area contributed by atoms with Crippen LogP contribution in [-0.4, -0.2) is 25.9 Å². The first-order valence-corrected chi connectivity index (χ1v) is 6.47. The summed E-state index contributed by atoms with van der Waals surface area (Å²) in [5.74, 6) is 0.826. The van der Waals surface area contributed by atoms with Gasteiger partial charge in [-0.05, 0) is 24.6 Å². The molecule has 0 aliphatic carbocycles. The molecule has 0 atom stereocenters. The molecule has 0 amide bonds. The van der Waals surface area contributed by atoms with Crippen molar-refractivity contribution in [2.45, 2.75) is 9.79 Å². The monoisotopic (exact) mass is 228 g/mol. The van der Waals surface area contributed by atoms with E-state index in [1.165, 1.54) is 0 Å². The average molecular weight is 228 g/mol. The van der Waals surface area contributed by atoms with E-state index in [2.05, 4.69) is 0 Å². The van der Waals surface area contributed by atoms with Crippen LogP contribution in [0.2, 0.25) is 0 Å². The first-order valence-electron chi connectivity index (χ1n) is 4.02. The zero-order valence-corrected chi connectivity index (χ0v) is 10.00. The van der Waals surface area contributed by atoms with Crippen molar-refractivity contribution in [2.75, 3.05) is 19.6 Å². The van der Waals surface area contributed by atoms with E-state index in [0.29, 0.717) is 0 Å². The van der Waals surface area contributed by atoms with Crippen molar-refractivity contribution in [3.63, 3.8) is 0 Å². The standard InChI is InChI=1S/C10H12O2S2/c1-12-8-5-9(13-2)7(6-11)4-10(8)14-3/h4-6H,1-3H3. The molecule has 1 rings (SSSR count). The highest BCUT2D eigenvalue weighted by atomic mass is 32.2. The predicted octanol–water partition coefficient (Wildman–Crippen LogP) is 2.95. The van der Waals surface area contributed by atoms with Crippen LogP contribution in [0.3, 0.4) is 0 Å². The maximum absolute atomic E-state index is 10.8. The Balaban J connectivity index is 3.27. The lowest BCUT2D eigenvalue weighted by molar-refractivity contribution is 0.112. The van der Waals surface area contributed by atoms with E-state index < -0.39 is 0 Å². The molecule has 1 aromatic rings. The van der Waals surface area contributed by atoms with Crippen LogP contribution in [0.15, 0.2) is 21.9 Å². The smallest absolute Gasteiger partial charge is 0.151 e. The van der Waals surface area contributed by atoms with Crippen LogP contribution >= 0.6 is 23.5 Å². The summed E-state index contributed by atoms with van der Waals surface area (Å²) in [6.45, 7) is 0. The molecule has 76 valence electrons. The van der Waals surface area contributed by atoms with E-state index in [1.54, 1.807) is 30.6 Å². The van der Waals surface area contributed by atoms with Gasteiger partial charge in [0.25, 0.3) is 0 Å². The van der Waals surface area contributed by atoms with Gasteiger partial charge >= 0.3 is 0 Å². The molecule has 0 spiro atoms. The summed E-state index contributed by atoms with van der Waals surface area (Å²) in [6, 6.07) is 3.77. The number of rotatable bonds is 4. The topological polar surface area (TPSA) is 26.3 Å². The molecule has 0 bridgehead atoms. The number of aldehydes is 1. The van der Waals surface area contributed by atoms with E-state index in [0.717, 1.165) is 27.4 Å². The molecule has 0 aliphatic rings. The van der Waals surface area contributed by atoms with E-state index in [4.69, 9.17) is 4.74 Å². The number of hydrogen-bond donors (Lipinski definition) is 0. The highest BCUT2D eigenvalue weighted by Crippen LogP contribution is 2.33. The molecule has 0 unspecified atom stereocenters. The molecule has 1 aromatic carbocycles. The normalized spacial score (nSPS) is 9.93. The SMILES string of the molecule is COc1cc(SC)c(C=O)cc1SC. The molecule has 0 radical (unpaired) electrons. The molecule has 0 heterocycles. The Morgan fingerprint density at radius 2 is 1.86 bits per heavy atom. The minimum atomic E-state index is 0.725. The van der Waals surface area contributed by atoms with E-state index in [-0.39, 0.29) is 0 Å². The summed E-state index contributed by atoms with van der Waals surface area (Å²) in [6.07, 6.45) is 4.79. The van der Waals surface area contributed by atoms with Crippen LogP contribution in [-0.2, 0) is 0 Å². The van der Waals surface area contributed by atoms with E-state index >= 15 is 0 Å². The number of methoxy groups -OCH3 is 1. The molecular formula is C10H12O2S2. The summed E-state index contributed by atoms with van der Waals surface area (Å²) in [7, 11) is 1.64. The zero-order chi connectivity index (χ0) is 10.6. The number of hydrogen-bond acceptors (Lipinski definition) is 4. The Hall–Kier alpha value is -0.610. The predicted molar refractivity (Wildman–Crippen MR) is 61.9 cm³/mol. The summed E-state index contributed by atoms with van der Waals surface area (Å²) in [5.41, 5.74) is 0.725. The molecule has 2 nitrogen and oxygen atoms in total. The van der Waals surface area contributed by atoms with Gasteiger partial charge in [0.15, 0.2) is 6.29 Å². The third-order valence-electron chi connectivity index (χ3n) is 1.86. The Bertz CT molecular complexity index is 337. The number of carbonyl (C=O) groups is 1. The minimum Gasteiger partial charge on any atom is -0.496 e. The van der Waals surface area contributed by atoms with Crippen LogP contribution < -0.4 is 4.74 Å². The highest BCUT2D eigenvalue weighted by Gasteiger charge is 2.08. The zero-order valence-electron chi connectivity index (χ0n) is 8.37. The third kappa shape index (κ3) is 2.25. The number of ether oxygens (including phenoxy) is 1. The van der Waals surface area contributed by atoms with Crippen molar-refractivity contribution in [1.29, 1.82) is 0 Å². The number of carbonyl (C=O) groups excluding carboxylic acids is 1. The Kier molecular flexibility index (Phi) is 4.35. The van der Waals surface area contributed by atoms with Crippen LogP contribution in [0.1, 0.15) is 10.4 Å². The first kappa shape index (κ1) is 11.5. The van der Waals surface area contributed by atoms with Gasteiger partial charge < -0.3 is 4.74 Å². The van der Waals surface area contributed by atoms with Gasteiger partial charge in [0, 0.05) is 15.4 Å². The van der Waals surface area contributed by atoms with Gasteiger partial charge in [-0.15, -0.1) is 23.5 Å². The Labute approximate surface area is 92.4 Å². The molecule has 0 aromatic heterocycles. The molecule has 14 heavy (non-hydrogen) atoms. The van der Waals surface area contributed by atoms with Crippen molar-refractivity contribution >= 4 is 29.8 Å². The fraction of sp³-hybridized carbons (Fsp3) is 0.300. The maximum Gasteiger partial charge on any atom is 0.151 e. The molecule has 0 aliphatic heterocycles. The van der Waals surface area contributed by atoms with E-state index in [9.17, 15) is 4.79 Å². The maximum atomic E-state index is 10.8. The van der Waals surface area contributed by atoms with Crippen LogP contribution in [0.4, 0.5) is 0 Å². The van der Waals surface area contributed by atoms with Crippen molar-refractivity contribution in [3.8, 4) is 5.75 Å². The highest BCUT2D eigenvalue weighted by molar-refractivity contribution is 7.99. The summed E-state index contributed by atoms with van der Waals surface area (Å²) in [5, 5.41) is 0. The lowest BCUT2D eigenvalue weighted by Gasteiger charge is -2.09. The average Bonchev–Trinajstić information content (AvgIpc) is 2.26. The fourth-order valence-corrected chi connectivity index (χ4v) is 2.30. The van der Waals surface area contributed by atoms with E-state index in [1.807, 2.05) is 24.6 Å². The first-order chi connectivity index (χ1) is 6.76. The largest absolute Gasteiger partial charge is 0.496 e. The third-order valence-corrected chi connectivity index (χ3v) is 3.42. The second kappa shape index (κ2) is 5.32. The summed E-state index contributed by atoms with van der Waals surface area (Å²) >= 11 is 3.12. The van der Waals surface area contributed by atoms with Crippen molar-refractivity contribution in [2.24, 2.45) is 0 Å². The van der Waals surface area contributed by atoms with Crippen molar-refractivity contribution < 1.29 is 9.53 Å². The molecule has 0 fully saturated rings. The number of thioether (sulfide) groups is 2. The number of benzene rings is 1. The fourth-order valence-electron chi connectivity index (χ4n) is 1.14. The van der Waals surface area contributed by atoms with Gasteiger partial charge in [-0.25, -0.2) is 0 Å². The quantitative estimate of drug-likeness (QED) is 0.584. The molecule has 0 saturated heterocycles. The summed E-state index contributed by atoms with van der Waals surface area (Å²) < 4.78 is 5.23. The van der Waals surface area contributed by atoms with Crippen LogP contribution in [0, 0.1) is 0 Å². The van der Waals surface area contributed by atoms with Gasteiger partial charge in [0.1, 0.15) is 5.75 Å². The molecule has 0 saturated carbocycles. The van der Waals surface area contributed by atoms with Crippen molar-refractivity contribution in [3.05, 3.63) is 17.7 Å². The van der Waals surface area contributed by atoms with Gasteiger partial charge in [-0.1, -0.05) is 0 Å². The Morgan fingerprint density at radius 3 is 2.29 bits per heavy atom. The Morgan fingerprint density at radius 1 is 1.21 bits per heavy atom. The summed E-state index contributed by atoms with van der Waals surface area (Å²) in [4.78, 5) is 12.7. The van der Waals surface area contributed by atoms with Crippen LogP contribution in [0.5, 0.6) is 5.75 Å². The van der Waals surface area contributed by atoms with Gasteiger partial charge in [0.05, 0.1) is 7.11 Å². The lowest BCUT2D eigenvalue weighted by atomic mass is 10.2. The van der Waals surface area contributed by atoms with Gasteiger partial charge in [-0.2, -0.15) is 0 Å². The van der Waals surface area contributed by atoms with Gasteiger partial charge in [-0.3, -0.25) is 4.79 Å². The van der Waals surface area contributed by atoms with Crippen LogP contribution in [0.25, 0.3) is 0 Å². The lowest BCUT2D eigenvalue weighted by Crippen LogP contribution is -1.91. The molecular weight excluding hydrogens is 216 g/mol. The molecule has 4 heteroatoms. The second-order valence-electron chi connectivity index (χ2n) is 2.57. The minimum absolute atomic E-state index is 0.725. The van der Waals surface area contributed by atoms with Gasteiger partial charge in [0.2, 0.25) is 0 Å². The van der Waals surface area contributed by atoms with Crippen molar-refractivity contribution in [1.82, 2.24) is 0 Å².